The van der Waals surface area contributed by atoms with Gasteiger partial charge in [0.15, 0.2) is 0 Å². The van der Waals surface area contributed by atoms with Crippen molar-refractivity contribution < 1.29 is 8.42 Å². The van der Waals surface area contributed by atoms with E-state index in [0.29, 0.717) is 21.8 Å². The fourth-order valence-electron chi connectivity index (χ4n) is 2.61. The second-order valence-electron chi connectivity index (χ2n) is 6.83. The molecule has 0 aliphatic rings. The van der Waals surface area contributed by atoms with E-state index < -0.39 is 10.0 Å². The SMILES string of the molecule is CC(C)C(C)NS(=O)(=O)c1ccc2c(c1)sc(=O)n2Cc1ccccc1Cl. The zero-order valence-corrected chi connectivity index (χ0v) is 17.7. The lowest BCUT2D eigenvalue weighted by atomic mass is 10.1. The predicted molar refractivity (Wildman–Crippen MR) is 111 cm³/mol. The summed E-state index contributed by atoms with van der Waals surface area (Å²) in [5, 5.41) is 0.592. The van der Waals surface area contributed by atoms with Gasteiger partial charge in [0, 0.05) is 11.1 Å². The number of halogens is 1. The van der Waals surface area contributed by atoms with Gasteiger partial charge >= 0.3 is 4.87 Å². The van der Waals surface area contributed by atoms with Gasteiger partial charge in [-0.15, -0.1) is 0 Å². The minimum Gasteiger partial charge on any atom is -0.294 e. The Morgan fingerprint density at radius 2 is 1.85 bits per heavy atom. The monoisotopic (exact) mass is 424 g/mol. The molecule has 5 nitrogen and oxygen atoms in total. The first-order chi connectivity index (χ1) is 12.7. The molecular formula is C19H21ClN2O3S2. The van der Waals surface area contributed by atoms with Crippen LogP contribution in [0.4, 0.5) is 0 Å². The number of nitrogens with zero attached hydrogens (tertiary/aromatic N) is 1. The van der Waals surface area contributed by atoms with Gasteiger partial charge in [0.1, 0.15) is 0 Å². The van der Waals surface area contributed by atoms with E-state index in [0.717, 1.165) is 16.9 Å². The number of fused-ring (bicyclic) bond motifs is 1. The van der Waals surface area contributed by atoms with Gasteiger partial charge < -0.3 is 0 Å². The molecule has 1 heterocycles. The third kappa shape index (κ3) is 4.27. The summed E-state index contributed by atoms with van der Waals surface area (Å²) in [4.78, 5) is 12.5. The number of hydrogen-bond donors (Lipinski definition) is 1. The molecule has 27 heavy (non-hydrogen) atoms. The third-order valence-electron chi connectivity index (χ3n) is 4.58. The van der Waals surface area contributed by atoms with Gasteiger partial charge in [0.25, 0.3) is 0 Å². The first-order valence-electron chi connectivity index (χ1n) is 8.58. The molecule has 1 N–H and O–H groups in total. The van der Waals surface area contributed by atoms with Crippen LogP contribution < -0.4 is 9.60 Å². The Balaban J connectivity index is 1.99. The fraction of sp³-hybridized carbons (Fsp3) is 0.316. The number of hydrogen-bond acceptors (Lipinski definition) is 4. The molecule has 1 aromatic heterocycles. The van der Waals surface area contributed by atoms with E-state index in [1.165, 1.54) is 6.07 Å². The first-order valence-corrected chi connectivity index (χ1v) is 11.3. The quantitative estimate of drug-likeness (QED) is 0.648. The van der Waals surface area contributed by atoms with Gasteiger partial charge in [-0.3, -0.25) is 9.36 Å². The molecule has 3 rings (SSSR count). The Bertz CT molecular complexity index is 1130. The number of aromatic nitrogens is 1. The van der Waals surface area contributed by atoms with E-state index in [4.69, 9.17) is 11.6 Å². The average Bonchev–Trinajstić information content (AvgIpc) is 2.91. The molecule has 0 aliphatic heterocycles. The molecule has 0 saturated heterocycles. The molecule has 144 valence electrons. The van der Waals surface area contributed by atoms with Gasteiger partial charge in [-0.2, -0.15) is 0 Å². The summed E-state index contributed by atoms with van der Waals surface area (Å²) in [6.07, 6.45) is 0. The Hall–Kier alpha value is -1.67. The van der Waals surface area contributed by atoms with Crippen LogP contribution in [-0.2, 0) is 16.6 Å². The van der Waals surface area contributed by atoms with Gasteiger partial charge in [-0.05, 0) is 42.7 Å². The molecule has 8 heteroatoms. The van der Waals surface area contributed by atoms with Gasteiger partial charge in [0.2, 0.25) is 10.0 Å². The maximum atomic E-state index is 12.6. The minimum atomic E-state index is -3.64. The molecular weight excluding hydrogens is 404 g/mol. The van der Waals surface area contributed by atoms with Crippen molar-refractivity contribution in [1.29, 1.82) is 0 Å². The van der Waals surface area contributed by atoms with Crippen molar-refractivity contribution in [3.8, 4) is 0 Å². The highest BCUT2D eigenvalue weighted by atomic mass is 35.5. The van der Waals surface area contributed by atoms with Crippen molar-refractivity contribution in [3.05, 3.63) is 62.7 Å². The van der Waals surface area contributed by atoms with E-state index in [1.807, 2.05) is 39.0 Å². The molecule has 0 bridgehead atoms. The summed E-state index contributed by atoms with van der Waals surface area (Å²) in [6.45, 7) is 6.08. The van der Waals surface area contributed by atoms with Crippen LogP contribution in [-0.4, -0.2) is 19.0 Å². The van der Waals surface area contributed by atoms with E-state index in [2.05, 4.69) is 4.72 Å². The number of benzene rings is 2. The fourth-order valence-corrected chi connectivity index (χ4v) is 5.23. The van der Waals surface area contributed by atoms with Crippen LogP contribution in [0, 0.1) is 5.92 Å². The van der Waals surface area contributed by atoms with E-state index in [-0.39, 0.29) is 21.7 Å². The van der Waals surface area contributed by atoms with E-state index >= 15 is 0 Å². The minimum absolute atomic E-state index is 0.150. The van der Waals surface area contributed by atoms with Crippen molar-refractivity contribution in [2.45, 2.75) is 38.3 Å². The molecule has 3 aromatic rings. The third-order valence-corrected chi connectivity index (χ3v) is 7.44. The highest BCUT2D eigenvalue weighted by Crippen LogP contribution is 2.24. The number of nitrogens with one attached hydrogen (secondary N) is 1. The summed E-state index contributed by atoms with van der Waals surface area (Å²) in [7, 11) is -3.64. The topological polar surface area (TPSA) is 68.2 Å². The number of thiazole rings is 1. The highest BCUT2D eigenvalue weighted by molar-refractivity contribution is 7.89. The van der Waals surface area contributed by atoms with Crippen LogP contribution in [0.1, 0.15) is 26.3 Å². The standard InChI is InChI=1S/C19H21ClN2O3S2/c1-12(2)13(3)21-27(24,25)15-8-9-17-18(10-15)26-19(23)22(17)11-14-6-4-5-7-16(14)20/h4-10,12-13,21H,11H2,1-3H3. The molecule has 0 fully saturated rings. The maximum absolute atomic E-state index is 12.6. The Labute approximate surface area is 167 Å². The molecule has 0 aliphatic carbocycles. The lowest BCUT2D eigenvalue weighted by Crippen LogP contribution is -2.36. The maximum Gasteiger partial charge on any atom is 0.308 e. The first kappa shape index (κ1) is 20.1. The summed E-state index contributed by atoms with van der Waals surface area (Å²) in [6, 6.07) is 11.9. The normalized spacial score (nSPS) is 13.4. The van der Waals surface area contributed by atoms with Gasteiger partial charge in [-0.25, -0.2) is 13.1 Å². The molecule has 1 unspecified atom stereocenters. The molecule has 0 amide bonds. The highest BCUT2D eigenvalue weighted by Gasteiger charge is 2.20. The van der Waals surface area contributed by atoms with Crippen LogP contribution in [0.15, 0.2) is 52.2 Å². The summed E-state index contributed by atoms with van der Waals surface area (Å²) >= 11 is 7.24. The molecule has 1 atom stereocenters. The van der Waals surface area contributed by atoms with Crippen LogP contribution in [0.3, 0.4) is 0 Å². The Kier molecular flexibility index (Phi) is 5.76. The summed E-state index contributed by atoms with van der Waals surface area (Å²) in [5.41, 5.74) is 1.53. The lowest BCUT2D eigenvalue weighted by molar-refractivity contribution is 0.476. The number of sulfonamides is 1. The average molecular weight is 425 g/mol. The summed E-state index contributed by atoms with van der Waals surface area (Å²) < 4.78 is 30.1. The zero-order valence-electron chi connectivity index (χ0n) is 15.3. The Morgan fingerprint density at radius 1 is 1.15 bits per heavy atom. The van der Waals surface area contributed by atoms with Gasteiger partial charge in [0.05, 0.1) is 21.7 Å². The van der Waals surface area contributed by atoms with Crippen molar-refractivity contribution in [2.75, 3.05) is 0 Å². The largest absolute Gasteiger partial charge is 0.308 e. The van der Waals surface area contributed by atoms with Crippen molar-refractivity contribution in [2.24, 2.45) is 5.92 Å². The van der Waals surface area contributed by atoms with E-state index in [1.54, 1.807) is 22.8 Å². The van der Waals surface area contributed by atoms with Gasteiger partial charge in [-0.1, -0.05) is 55.0 Å². The molecule has 0 spiro atoms. The predicted octanol–water partition coefficient (Wildman–Crippen LogP) is 4.09. The zero-order chi connectivity index (χ0) is 19.8. The molecule has 2 aromatic carbocycles. The number of rotatable bonds is 6. The van der Waals surface area contributed by atoms with Crippen LogP contribution in [0.5, 0.6) is 0 Å². The van der Waals surface area contributed by atoms with Crippen molar-refractivity contribution in [1.82, 2.24) is 9.29 Å². The Morgan fingerprint density at radius 3 is 2.52 bits per heavy atom. The smallest absolute Gasteiger partial charge is 0.294 e. The summed E-state index contributed by atoms with van der Waals surface area (Å²) in [5.74, 6) is 0.177. The van der Waals surface area contributed by atoms with Crippen LogP contribution in [0.2, 0.25) is 5.02 Å². The van der Waals surface area contributed by atoms with Crippen LogP contribution in [0.25, 0.3) is 10.2 Å². The lowest BCUT2D eigenvalue weighted by Gasteiger charge is -2.17. The molecule has 0 radical (unpaired) electrons. The second kappa shape index (κ2) is 7.75. The second-order valence-corrected chi connectivity index (χ2v) is 9.94. The van der Waals surface area contributed by atoms with E-state index in [9.17, 15) is 13.2 Å². The van der Waals surface area contributed by atoms with Crippen molar-refractivity contribution in [3.63, 3.8) is 0 Å². The van der Waals surface area contributed by atoms with Crippen LogP contribution >= 0.6 is 22.9 Å². The molecule has 0 saturated carbocycles. The van der Waals surface area contributed by atoms with Crippen molar-refractivity contribution >= 4 is 43.2 Å².